The second-order valence-corrected chi connectivity index (χ2v) is 8.80. The summed E-state index contributed by atoms with van der Waals surface area (Å²) in [4.78, 5) is 14.4. The Morgan fingerprint density at radius 2 is 1.96 bits per heavy atom. The molecule has 140 valence electrons. The predicted molar refractivity (Wildman–Crippen MR) is 103 cm³/mol. The van der Waals surface area contributed by atoms with E-state index in [-0.39, 0.29) is 17.3 Å². The zero-order chi connectivity index (χ0) is 19.6. The number of sulfonamides is 1. The van der Waals surface area contributed by atoms with Gasteiger partial charge in [-0.25, -0.2) is 8.42 Å². The van der Waals surface area contributed by atoms with Crippen molar-refractivity contribution in [1.82, 2.24) is 4.31 Å². The number of amides is 1. The quantitative estimate of drug-likeness (QED) is 0.786. The maximum Gasteiger partial charge on any atom is 0.243 e. The van der Waals surface area contributed by atoms with Gasteiger partial charge in [-0.15, -0.1) is 0 Å². The zero-order valence-corrected chi connectivity index (χ0v) is 16.3. The maximum atomic E-state index is 12.8. The lowest BCUT2D eigenvalue weighted by Crippen LogP contribution is -2.43. The molecule has 0 atom stereocenters. The minimum atomic E-state index is -3.83. The van der Waals surface area contributed by atoms with Gasteiger partial charge in [0.1, 0.15) is 0 Å². The van der Waals surface area contributed by atoms with Gasteiger partial charge < -0.3 is 4.90 Å². The fraction of sp³-hybridized carbons (Fsp3) is 0.263. The molecule has 1 aliphatic heterocycles. The second kappa shape index (κ2) is 7.69. The van der Waals surface area contributed by atoms with Crippen LogP contribution < -0.4 is 4.90 Å². The van der Waals surface area contributed by atoms with Crippen LogP contribution in [0.1, 0.15) is 17.5 Å². The van der Waals surface area contributed by atoms with E-state index in [1.165, 1.54) is 31.3 Å². The molecule has 0 saturated carbocycles. The highest BCUT2D eigenvalue weighted by Crippen LogP contribution is 2.30. The first-order chi connectivity index (χ1) is 12.8. The van der Waals surface area contributed by atoms with Crippen LogP contribution in [0.2, 0.25) is 5.02 Å². The van der Waals surface area contributed by atoms with Gasteiger partial charge in [0, 0.05) is 24.3 Å². The van der Waals surface area contributed by atoms with Gasteiger partial charge in [0.15, 0.2) is 0 Å². The smallest absolute Gasteiger partial charge is 0.243 e. The first kappa shape index (κ1) is 19.4. The molecule has 6 nitrogen and oxygen atoms in total. The van der Waals surface area contributed by atoms with Crippen molar-refractivity contribution in [3.05, 3.63) is 58.6 Å². The van der Waals surface area contributed by atoms with Crippen molar-refractivity contribution < 1.29 is 13.2 Å². The molecule has 0 saturated heterocycles. The van der Waals surface area contributed by atoms with Crippen LogP contribution in [0.15, 0.2) is 47.4 Å². The molecule has 1 aliphatic rings. The first-order valence-corrected chi connectivity index (χ1v) is 10.2. The molecule has 1 heterocycles. The van der Waals surface area contributed by atoms with E-state index in [9.17, 15) is 13.2 Å². The van der Waals surface area contributed by atoms with Crippen LogP contribution in [0.25, 0.3) is 0 Å². The van der Waals surface area contributed by atoms with E-state index in [0.29, 0.717) is 17.1 Å². The Hall–Kier alpha value is -2.40. The lowest BCUT2D eigenvalue weighted by molar-refractivity contribution is -0.118. The Kier molecular flexibility index (Phi) is 5.51. The van der Waals surface area contributed by atoms with Crippen LogP contribution in [0, 0.1) is 11.3 Å². The van der Waals surface area contributed by atoms with Gasteiger partial charge in [-0.05, 0) is 60.9 Å². The molecular formula is C19H18ClN3O3S. The van der Waals surface area contributed by atoms with Crippen molar-refractivity contribution in [3.8, 4) is 6.07 Å². The van der Waals surface area contributed by atoms with Crippen molar-refractivity contribution >= 4 is 33.2 Å². The fourth-order valence-corrected chi connectivity index (χ4v) is 4.38. The number of carbonyl (C=O) groups is 1. The van der Waals surface area contributed by atoms with Crippen LogP contribution in [-0.2, 0) is 21.2 Å². The highest BCUT2D eigenvalue weighted by atomic mass is 35.5. The highest BCUT2D eigenvalue weighted by molar-refractivity contribution is 7.89. The molecule has 0 bridgehead atoms. The number of rotatable bonds is 4. The van der Waals surface area contributed by atoms with Crippen molar-refractivity contribution in [2.24, 2.45) is 0 Å². The van der Waals surface area contributed by atoms with E-state index in [1.54, 1.807) is 17.0 Å². The fourth-order valence-electron chi connectivity index (χ4n) is 3.07. The van der Waals surface area contributed by atoms with Crippen LogP contribution in [0.5, 0.6) is 0 Å². The summed E-state index contributed by atoms with van der Waals surface area (Å²) in [6, 6.07) is 12.9. The molecular weight excluding hydrogens is 386 g/mol. The summed E-state index contributed by atoms with van der Waals surface area (Å²) in [6.07, 6.45) is 1.63. The number of halogens is 1. The molecule has 0 N–H and O–H groups in total. The number of benzene rings is 2. The summed E-state index contributed by atoms with van der Waals surface area (Å²) in [7, 11) is -2.45. The van der Waals surface area contributed by atoms with Crippen molar-refractivity contribution in [3.63, 3.8) is 0 Å². The van der Waals surface area contributed by atoms with Crippen molar-refractivity contribution in [2.75, 3.05) is 25.0 Å². The molecule has 1 amide bonds. The summed E-state index contributed by atoms with van der Waals surface area (Å²) in [5, 5.41) is 9.45. The Morgan fingerprint density at radius 1 is 1.26 bits per heavy atom. The van der Waals surface area contributed by atoms with E-state index in [2.05, 4.69) is 0 Å². The van der Waals surface area contributed by atoms with E-state index < -0.39 is 10.0 Å². The Bertz CT molecular complexity index is 1010. The third-order valence-electron chi connectivity index (χ3n) is 4.51. The molecule has 2 aromatic carbocycles. The van der Waals surface area contributed by atoms with E-state index in [4.69, 9.17) is 16.9 Å². The van der Waals surface area contributed by atoms with Gasteiger partial charge in [-0.2, -0.15) is 9.57 Å². The lowest BCUT2D eigenvalue weighted by Gasteiger charge is -2.31. The number of aryl methyl sites for hydroxylation is 1. The van der Waals surface area contributed by atoms with Gasteiger partial charge in [0.05, 0.1) is 23.1 Å². The average Bonchev–Trinajstić information content (AvgIpc) is 2.67. The second-order valence-electron chi connectivity index (χ2n) is 6.32. The number of likely N-dealkylation sites (N-methyl/N-ethyl adjacent to an activating group) is 1. The number of hydrogen-bond acceptors (Lipinski definition) is 4. The SMILES string of the molecule is CN(CC(=O)N1CCCc2cc(Cl)ccc21)S(=O)(=O)c1ccc(C#N)cc1. The maximum absolute atomic E-state index is 12.8. The molecule has 0 spiro atoms. The summed E-state index contributed by atoms with van der Waals surface area (Å²) in [5.74, 6) is -0.294. The summed E-state index contributed by atoms with van der Waals surface area (Å²) in [6.45, 7) is 0.266. The van der Waals surface area contributed by atoms with Crippen LogP contribution in [0.4, 0.5) is 5.69 Å². The molecule has 27 heavy (non-hydrogen) atoms. The molecule has 0 aromatic heterocycles. The lowest BCUT2D eigenvalue weighted by atomic mass is 10.0. The Balaban J connectivity index is 1.79. The summed E-state index contributed by atoms with van der Waals surface area (Å²) in [5.41, 5.74) is 2.13. The third kappa shape index (κ3) is 3.98. The minimum Gasteiger partial charge on any atom is -0.311 e. The Labute approximate surface area is 163 Å². The van der Waals surface area contributed by atoms with E-state index >= 15 is 0 Å². The zero-order valence-electron chi connectivity index (χ0n) is 14.7. The van der Waals surface area contributed by atoms with Gasteiger partial charge in [-0.1, -0.05) is 11.6 Å². The third-order valence-corrected chi connectivity index (χ3v) is 6.56. The summed E-state index contributed by atoms with van der Waals surface area (Å²) >= 11 is 6.03. The predicted octanol–water partition coefficient (Wildman–Crippen LogP) is 2.81. The molecule has 0 unspecified atom stereocenters. The van der Waals surface area contributed by atoms with Gasteiger partial charge in [0.25, 0.3) is 0 Å². The van der Waals surface area contributed by atoms with Crippen LogP contribution in [0.3, 0.4) is 0 Å². The number of hydrogen-bond donors (Lipinski definition) is 0. The van der Waals surface area contributed by atoms with Crippen molar-refractivity contribution in [1.29, 1.82) is 5.26 Å². The molecule has 2 aromatic rings. The molecule has 0 radical (unpaired) electrons. The number of fused-ring (bicyclic) bond motifs is 1. The molecule has 0 aliphatic carbocycles. The number of nitrogens with zero attached hydrogens (tertiary/aromatic N) is 3. The van der Waals surface area contributed by atoms with E-state index in [0.717, 1.165) is 28.4 Å². The monoisotopic (exact) mass is 403 g/mol. The van der Waals surface area contributed by atoms with Crippen molar-refractivity contribution in [2.45, 2.75) is 17.7 Å². The summed E-state index contributed by atoms with van der Waals surface area (Å²) < 4.78 is 26.4. The normalized spacial score (nSPS) is 13.9. The van der Waals surface area contributed by atoms with E-state index in [1.807, 2.05) is 12.1 Å². The number of carbonyl (C=O) groups excluding carboxylic acids is 1. The van der Waals surface area contributed by atoms with Crippen LogP contribution >= 0.6 is 11.6 Å². The van der Waals surface area contributed by atoms with Crippen LogP contribution in [-0.4, -0.2) is 38.8 Å². The highest BCUT2D eigenvalue weighted by Gasteiger charge is 2.28. The molecule has 3 rings (SSSR count). The standard InChI is InChI=1S/C19H18ClN3O3S/c1-22(27(25,26)17-7-4-14(12-21)5-8-17)13-19(24)23-10-2-3-15-11-16(20)6-9-18(15)23/h4-9,11H,2-3,10,13H2,1H3. The Morgan fingerprint density at radius 3 is 2.63 bits per heavy atom. The first-order valence-electron chi connectivity index (χ1n) is 8.38. The largest absolute Gasteiger partial charge is 0.311 e. The van der Waals surface area contributed by atoms with Gasteiger partial charge in [0.2, 0.25) is 15.9 Å². The average molecular weight is 404 g/mol. The van der Waals surface area contributed by atoms with Gasteiger partial charge >= 0.3 is 0 Å². The number of nitriles is 1. The topological polar surface area (TPSA) is 81.5 Å². The molecule has 8 heteroatoms. The minimum absolute atomic E-state index is 0.0441. The molecule has 0 fully saturated rings. The van der Waals surface area contributed by atoms with Gasteiger partial charge in [-0.3, -0.25) is 4.79 Å². The number of anilines is 1.